The monoisotopic (exact) mass is 264 g/mol. The van der Waals surface area contributed by atoms with Gasteiger partial charge in [0.05, 0.1) is 11.9 Å². The average molecular weight is 264 g/mol. The van der Waals surface area contributed by atoms with E-state index in [4.69, 9.17) is 15.2 Å². The Bertz CT molecular complexity index is 433. The van der Waals surface area contributed by atoms with Crippen molar-refractivity contribution < 1.29 is 9.47 Å². The lowest BCUT2D eigenvalue weighted by Gasteiger charge is -2.28. The highest BCUT2D eigenvalue weighted by atomic mass is 16.5. The largest absolute Gasteiger partial charge is 0.486 e. The smallest absolute Gasteiger partial charge is 0.257 e. The van der Waals surface area contributed by atoms with Crippen LogP contribution in [0.1, 0.15) is 12.8 Å². The fourth-order valence-corrected chi connectivity index (χ4v) is 2.01. The van der Waals surface area contributed by atoms with Crippen molar-refractivity contribution >= 4 is 5.69 Å². The van der Waals surface area contributed by atoms with Gasteiger partial charge in [-0.05, 0) is 25.9 Å². The first-order valence-electron chi connectivity index (χ1n) is 6.79. The zero-order chi connectivity index (χ0) is 13.1. The molecule has 0 unspecified atom stereocenters. The van der Waals surface area contributed by atoms with E-state index in [9.17, 15) is 0 Å². The molecule has 0 amide bonds. The summed E-state index contributed by atoms with van der Waals surface area (Å²) in [4.78, 5) is 4.21. The Morgan fingerprint density at radius 3 is 2.37 bits per heavy atom. The van der Waals surface area contributed by atoms with Gasteiger partial charge in [0, 0.05) is 18.2 Å². The third-order valence-corrected chi connectivity index (χ3v) is 3.55. The van der Waals surface area contributed by atoms with E-state index < -0.39 is 0 Å². The number of nitrogens with one attached hydrogen (secondary N) is 2. The maximum absolute atomic E-state index is 5.76. The summed E-state index contributed by atoms with van der Waals surface area (Å²) >= 11 is 0. The second-order valence-corrected chi connectivity index (χ2v) is 5.07. The van der Waals surface area contributed by atoms with Crippen molar-refractivity contribution in [2.45, 2.75) is 24.9 Å². The SMILES string of the molecule is Nc1cnc(OC[C@@H]2CCN2)c(OC[C@@H]2CCN2)c1. The van der Waals surface area contributed by atoms with Crippen molar-refractivity contribution in [3.63, 3.8) is 0 Å². The van der Waals surface area contributed by atoms with Crippen molar-refractivity contribution in [2.75, 3.05) is 32.0 Å². The van der Waals surface area contributed by atoms with Crippen LogP contribution in [0.3, 0.4) is 0 Å². The van der Waals surface area contributed by atoms with Crippen LogP contribution >= 0.6 is 0 Å². The number of aromatic nitrogens is 1. The molecular formula is C13H20N4O2. The fourth-order valence-electron chi connectivity index (χ4n) is 2.01. The Morgan fingerprint density at radius 2 is 1.79 bits per heavy atom. The summed E-state index contributed by atoms with van der Waals surface area (Å²) in [6.45, 7) is 3.39. The van der Waals surface area contributed by atoms with Crippen LogP contribution in [0.4, 0.5) is 5.69 Å². The van der Waals surface area contributed by atoms with Gasteiger partial charge in [0.15, 0.2) is 5.75 Å². The molecule has 0 aromatic carbocycles. The van der Waals surface area contributed by atoms with E-state index in [1.807, 2.05) is 0 Å². The van der Waals surface area contributed by atoms with Gasteiger partial charge < -0.3 is 25.8 Å². The Labute approximate surface area is 112 Å². The van der Waals surface area contributed by atoms with Gasteiger partial charge >= 0.3 is 0 Å². The maximum Gasteiger partial charge on any atom is 0.257 e. The molecule has 4 N–H and O–H groups in total. The van der Waals surface area contributed by atoms with E-state index in [1.54, 1.807) is 12.3 Å². The zero-order valence-electron chi connectivity index (χ0n) is 10.9. The quantitative estimate of drug-likeness (QED) is 0.678. The van der Waals surface area contributed by atoms with Gasteiger partial charge in [0.25, 0.3) is 5.88 Å². The third kappa shape index (κ3) is 3.08. The van der Waals surface area contributed by atoms with Crippen LogP contribution in [0, 0.1) is 0 Å². The van der Waals surface area contributed by atoms with Crippen LogP contribution in [-0.4, -0.2) is 43.4 Å². The van der Waals surface area contributed by atoms with Gasteiger partial charge in [-0.1, -0.05) is 0 Å². The molecule has 0 radical (unpaired) electrons. The second kappa shape index (κ2) is 5.63. The average Bonchev–Trinajstić information content (AvgIpc) is 2.27. The van der Waals surface area contributed by atoms with Gasteiger partial charge in [-0.2, -0.15) is 0 Å². The Hall–Kier alpha value is -1.53. The van der Waals surface area contributed by atoms with E-state index in [-0.39, 0.29) is 0 Å². The number of rotatable bonds is 6. The van der Waals surface area contributed by atoms with Crippen molar-refractivity contribution in [2.24, 2.45) is 0 Å². The van der Waals surface area contributed by atoms with E-state index in [0.717, 1.165) is 25.9 Å². The first-order chi connectivity index (χ1) is 9.31. The summed E-state index contributed by atoms with van der Waals surface area (Å²) in [7, 11) is 0. The van der Waals surface area contributed by atoms with Crippen molar-refractivity contribution in [1.82, 2.24) is 15.6 Å². The van der Waals surface area contributed by atoms with E-state index >= 15 is 0 Å². The Kier molecular flexibility index (Phi) is 3.70. The van der Waals surface area contributed by atoms with Gasteiger partial charge in [-0.3, -0.25) is 0 Å². The summed E-state index contributed by atoms with van der Waals surface area (Å²) in [5.74, 6) is 1.16. The first-order valence-corrected chi connectivity index (χ1v) is 6.79. The van der Waals surface area contributed by atoms with E-state index in [0.29, 0.717) is 42.6 Å². The van der Waals surface area contributed by atoms with Crippen LogP contribution < -0.4 is 25.8 Å². The minimum Gasteiger partial charge on any atom is -0.486 e. The third-order valence-electron chi connectivity index (χ3n) is 3.55. The topological polar surface area (TPSA) is 81.4 Å². The van der Waals surface area contributed by atoms with E-state index in [1.165, 1.54) is 0 Å². The summed E-state index contributed by atoms with van der Waals surface area (Å²) in [5.41, 5.74) is 6.34. The number of anilines is 1. The molecule has 0 aliphatic carbocycles. The fraction of sp³-hybridized carbons (Fsp3) is 0.615. The van der Waals surface area contributed by atoms with Crippen LogP contribution in [0.5, 0.6) is 11.6 Å². The van der Waals surface area contributed by atoms with E-state index in [2.05, 4.69) is 15.6 Å². The van der Waals surface area contributed by atoms with Crippen molar-refractivity contribution in [1.29, 1.82) is 0 Å². The molecule has 2 aliphatic heterocycles. The van der Waals surface area contributed by atoms with Crippen LogP contribution in [0.25, 0.3) is 0 Å². The maximum atomic E-state index is 5.76. The second-order valence-electron chi connectivity index (χ2n) is 5.07. The molecular weight excluding hydrogens is 244 g/mol. The molecule has 2 aliphatic rings. The van der Waals surface area contributed by atoms with Gasteiger partial charge in [0.1, 0.15) is 13.2 Å². The summed E-state index contributed by atoms with van der Waals surface area (Å²) in [5, 5.41) is 6.58. The molecule has 6 heteroatoms. The molecule has 104 valence electrons. The summed E-state index contributed by atoms with van der Waals surface area (Å²) in [6.07, 6.45) is 3.90. The first kappa shape index (κ1) is 12.5. The molecule has 2 saturated heterocycles. The molecule has 6 nitrogen and oxygen atoms in total. The van der Waals surface area contributed by atoms with Crippen molar-refractivity contribution in [3.05, 3.63) is 12.3 Å². The van der Waals surface area contributed by atoms with Crippen LogP contribution in [-0.2, 0) is 0 Å². The lowest BCUT2D eigenvalue weighted by atomic mass is 10.1. The van der Waals surface area contributed by atoms with Crippen molar-refractivity contribution in [3.8, 4) is 11.6 Å². The lowest BCUT2D eigenvalue weighted by Crippen LogP contribution is -2.47. The molecule has 19 heavy (non-hydrogen) atoms. The van der Waals surface area contributed by atoms with Crippen LogP contribution in [0.15, 0.2) is 12.3 Å². The lowest BCUT2D eigenvalue weighted by molar-refractivity contribution is 0.183. The number of hydrogen-bond donors (Lipinski definition) is 3. The Morgan fingerprint density at radius 1 is 1.16 bits per heavy atom. The van der Waals surface area contributed by atoms with Gasteiger partial charge in [0.2, 0.25) is 0 Å². The molecule has 3 heterocycles. The normalized spacial score (nSPS) is 25.3. The molecule has 0 saturated carbocycles. The predicted molar refractivity (Wildman–Crippen MR) is 72.5 cm³/mol. The molecule has 2 atom stereocenters. The molecule has 0 spiro atoms. The highest BCUT2D eigenvalue weighted by molar-refractivity contribution is 5.46. The minimum absolute atomic E-state index is 0.431. The summed E-state index contributed by atoms with van der Waals surface area (Å²) in [6, 6.07) is 2.64. The standard InChI is InChI=1S/C13H20N4O2/c14-9-5-12(18-7-10-1-3-15-10)13(17-6-9)19-8-11-2-4-16-11/h5-6,10-11,15-16H,1-4,7-8,14H2/t10-,11-/m0/s1. The molecule has 2 fully saturated rings. The molecule has 1 aromatic heterocycles. The molecule has 0 bridgehead atoms. The number of ether oxygens (including phenoxy) is 2. The number of nitrogen functional groups attached to an aromatic ring is 1. The highest BCUT2D eigenvalue weighted by Gasteiger charge is 2.20. The molecule has 1 aromatic rings. The minimum atomic E-state index is 0.431. The number of pyridine rings is 1. The molecule has 3 rings (SSSR count). The number of nitrogens with two attached hydrogens (primary N) is 1. The van der Waals surface area contributed by atoms with Gasteiger partial charge in [-0.15, -0.1) is 0 Å². The Balaban J connectivity index is 1.59. The highest BCUT2D eigenvalue weighted by Crippen LogP contribution is 2.27. The number of hydrogen-bond acceptors (Lipinski definition) is 6. The van der Waals surface area contributed by atoms with Gasteiger partial charge in [-0.25, -0.2) is 4.98 Å². The zero-order valence-corrected chi connectivity index (χ0v) is 10.9. The predicted octanol–water partition coefficient (Wildman–Crippen LogP) is 0.145. The summed E-state index contributed by atoms with van der Waals surface area (Å²) < 4.78 is 11.5. The van der Waals surface area contributed by atoms with Crippen LogP contribution in [0.2, 0.25) is 0 Å². The number of nitrogens with zero attached hydrogens (tertiary/aromatic N) is 1.